The summed E-state index contributed by atoms with van der Waals surface area (Å²) in [7, 11) is 1.57. The van der Waals surface area contributed by atoms with Gasteiger partial charge in [0.2, 0.25) is 5.95 Å². The molecule has 6 nitrogen and oxygen atoms in total. The molecule has 6 heteroatoms. The number of rotatable bonds is 7. The monoisotopic (exact) mass is 314 g/mol. The maximum atomic E-state index is 12.3. The molecule has 1 aromatic heterocycles. The van der Waals surface area contributed by atoms with Crippen LogP contribution in [0.15, 0.2) is 30.6 Å². The summed E-state index contributed by atoms with van der Waals surface area (Å²) in [5.41, 5.74) is 2.06. The third-order valence-electron chi connectivity index (χ3n) is 3.33. The lowest BCUT2D eigenvalue weighted by Crippen LogP contribution is -2.14. The average Bonchev–Trinajstić information content (AvgIpc) is 2.56. The summed E-state index contributed by atoms with van der Waals surface area (Å²) in [5, 5.41) is 5.94. The summed E-state index contributed by atoms with van der Waals surface area (Å²) in [4.78, 5) is 20.6. The van der Waals surface area contributed by atoms with Gasteiger partial charge in [-0.2, -0.15) is 0 Å². The SMILES string of the molecule is CCCCNc1ncc(C(=O)Nc2cc(C)ccc2OC)cn1. The maximum Gasteiger partial charge on any atom is 0.258 e. The van der Waals surface area contributed by atoms with Crippen molar-refractivity contribution in [3.8, 4) is 5.75 Å². The molecule has 122 valence electrons. The molecule has 1 amide bonds. The second-order valence-corrected chi connectivity index (χ2v) is 5.23. The van der Waals surface area contributed by atoms with Crippen LogP contribution < -0.4 is 15.4 Å². The molecular formula is C17H22N4O2. The van der Waals surface area contributed by atoms with Gasteiger partial charge in [-0.1, -0.05) is 19.4 Å². The molecule has 0 saturated heterocycles. The lowest BCUT2D eigenvalue weighted by Gasteiger charge is -2.11. The van der Waals surface area contributed by atoms with Crippen molar-refractivity contribution in [2.75, 3.05) is 24.3 Å². The first-order valence-corrected chi connectivity index (χ1v) is 7.66. The van der Waals surface area contributed by atoms with Crippen LogP contribution in [0.25, 0.3) is 0 Å². The zero-order valence-corrected chi connectivity index (χ0v) is 13.7. The Bertz CT molecular complexity index is 656. The van der Waals surface area contributed by atoms with Crippen LogP contribution in [0.3, 0.4) is 0 Å². The molecule has 0 aliphatic carbocycles. The van der Waals surface area contributed by atoms with Crippen LogP contribution in [-0.2, 0) is 0 Å². The molecule has 23 heavy (non-hydrogen) atoms. The van der Waals surface area contributed by atoms with Crippen LogP contribution in [-0.4, -0.2) is 29.5 Å². The van der Waals surface area contributed by atoms with Gasteiger partial charge in [0, 0.05) is 18.9 Å². The fourth-order valence-corrected chi connectivity index (χ4v) is 2.03. The van der Waals surface area contributed by atoms with Crippen molar-refractivity contribution in [2.45, 2.75) is 26.7 Å². The van der Waals surface area contributed by atoms with Gasteiger partial charge >= 0.3 is 0 Å². The summed E-state index contributed by atoms with van der Waals surface area (Å²) in [6.07, 6.45) is 5.18. The molecule has 1 aromatic carbocycles. The third-order valence-corrected chi connectivity index (χ3v) is 3.33. The molecule has 0 saturated carbocycles. The number of benzene rings is 1. The third kappa shape index (κ3) is 4.67. The highest BCUT2D eigenvalue weighted by Crippen LogP contribution is 2.25. The van der Waals surface area contributed by atoms with Gasteiger partial charge in [-0.25, -0.2) is 9.97 Å². The Kier molecular flexibility index (Phi) is 5.91. The summed E-state index contributed by atoms with van der Waals surface area (Å²) < 4.78 is 5.26. The molecule has 0 radical (unpaired) electrons. The normalized spacial score (nSPS) is 10.2. The van der Waals surface area contributed by atoms with E-state index in [2.05, 4.69) is 27.5 Å². The number of carbonyl (C=O) groups is 1. The first-order chi connectivity index (χ1) is 11.1. The number of aryl methyl sites for hydroxylation is 1. The predicted octanol–water partition coefficient (Wildman–Crippen LogP) is 3.26. The van der Waals surface area contributed by atoms with Crippen LogP contribution in [0.5, 0.6) is 5.75 Å². The lowest BCUT2D eigenvalue weighted by molar-refractivity contribution is 0.102. The Morgan fingerprint density at radius 2 is 2.00 bits per heavy atom. The van der Waals surface area contributed by atoms with Gasteiger partial charge in [-0.3, -0.25) is 4.79 Å². The summed E-state index contributed by atoms with van der Waals surface area (Å²) in [6, 6.07) is 5.61. The van der Waals surface area contributed by atoms with E-state index < -0.39 is 0 Å². The van der Waals surface area contributed by atoms with E-state index in [-0.39, 0.29) is 5.91 Å². The van der Waals surface area contributed by atoms with Crippen LogP contribution >= 0.6 is 0 Å². The number of methoxy groups -OCH3 is 1. The van der Waals surface area contributed by atoms with Crippen molar-refractivity contribution < 1.29 is 9.53 Å². The van der Waals surface area contributed by atoms with Gasteiger partial charge in [-0.15, -0.1) is 0 Å². The fourth-order valence-electron chi connectivity index (χ4n) is 2.03. The van der Waals surface area contributed by atoms with Crippen molar-refractivity contribution in [1.29, 1.82) is 0 Å². The summed E-state index contributed by atoms with van der Waals surface area (Å²) in [5.74, 6) is 0.875. The lowest BCUT2D eigenvalue weighted by atomic mass is 10.2. The first-order valence-electron chi connectivity index (χ1n) is 7.66. The Hall–Kier alpha value is -2.63. The molecule has 0 unspecified atom stereocenters. The van der Waals surface area contributed by atoms with E-state index in [1.165, 1.54) is 12.4 Å². The van der Waals surface area contributed by atoms with Crippen molar-refractivity contribution in [1.82, 2.24) is 9.97 Å². The molecule has 2 rings (SSSR count). The highest BCUT2D eigenvalue weighted by molar-refractivity contribution is 6.04. The molecule has 2 aromatic rings. The topological polar surface area (TPSA) is 76.1 Å². The van der Waals surface area contributed by atoms with E-state index in [0.29, 0.717) is 22.9 Å². The van der Waals surface area contributed by atoms with Gasteiger partial charge < -0.3 is 15.4 Å². The van der Waals surface area contributed by atoms with Gasteiger partial charge in [0.15, 0.2) is 0 Å². The number of nitrogens with one attached hydrogen (secondary N) is 2. The minimum atomic E-state index is -0.269. The summed E-state index contributed by atoms with van der Waals surface area (Å²) >= 11 is 0. The molecule has 0 fully saturated rings. The Morgan fingerprint density at radius 1 is 1.26 bits per heavy atom. The van der Waals surface area contributed by atoms with Gasteiger partial charge in [-0.05, 0) is 31.0 Å². The zero-order valence-electron chi connectivity index (χ0n) is 13.7. The van der Waals surface area contributed by atoms with E-state index in [1.807, 2.05) is 25.1 Å². The van der Waals surface area contributed by atoms with Crippen molar-refractivity contribution in [3.05, 3.63) is 41.7 Å². The van der Waals surface area contributed by atoms with Crippen molar-refractivity contribution in [2.24, 2.45) is 0 Å². The number of hydrogen-bond donors (Lipinski definition) is 2. The predicted molar refractivity (Wildman–Crippen MR) is 91.1 cm³/mol. The minimum Gasteiger partial charge on any atom is -0.495 e. The number of anilines is 2. The van der Waals surface area contributed by atoms with Crippen molar-refractivity contribution in [3.63, 3.8) is 0 Å². The van der Waals surface area contributed by atoms with Crippen LogP contribution in [0, 0.1) is 6.92 Å². The van der Waals surface area contributed by atoms with Crippen LogP contribution in [0.1, 0.15) is 35.7 Å². The van der Waals surface area contributed by atoms with E-state index in [4.69, 9.17) is 4.74 Å². The number of ether oxygens (including phenoxy) is 1. The number of carbonyl (C=O) groups excluding carboxylic acids is 1. The van der Waals surface area contributed by atoms with E-state index in [9.17, 15) is 4.79 Å². The second-order valence-electron chi connectivity index (χ2n) is 5.23. The number of nitrogens with zero attached hydrogens (tertiary/aromatic N) is 2. The summed E-state index contributed by atoms with van der Waals surface area (Å²) in [6.45, 7) is 4.90. The molecule has 0 atom stereocenters. The number of unbranched alkanes of at least 4 members (excludes halogenated alkanes) is 1. The first kappa shape index (κ1) is 16.7. The van der Waals surface area contributed by atoms with Gasteiger partial charge in [0.1, 0.15) is 5.75 Å². The van der Waals surface area contributed by atoms with Gasteiger partial charge in [0.25, 0.3) is 5.91 Å². The van der Waals surface area contributed by atoms with Crippen LogP contribution in [0.2, 0.25) is 0 Å². The van der Waals surface area contributed by atoms with Gasteiger partial charge in [0.05, 0.1) is 18.4 Å². The Morgan fingerprint density at radius 3 is 2.65 bits per heavy atom. The van der Waals surface area contributed by atoms with Crippen molar-refractivity contribution >= 4 is 17.5 Å². The zero-order chi connectivity index (χ0) is 16.7. The largest absolute Gasteiger partial charge is 0.495 e. The second kappa shape index (κ2) is 8.12. The molecule has 0 aliphatic heterocycles. The smallest absolute Gasteiger partial charge is 0.258 e. The molecule has 0 bridgehead atoms. The Balaban J connectivity index is 2.05. The standard InChI is InChI=1S/C17H22N4O2/c1-4-5-8-18-17-19-10-13(11-20-17)16(22)21-14-9-12(2)6-7-15(14)23-3/h6-7,9-11H,4-5,8H2,1-3H3,(H,21,22)(H,18,19,20). The highest BCUT2D eigenvalue weighted by Gasteiger charge is 2.11. The maximum absolute atomic E-state index is 12.3. The molecular weight excluding hydrogens is 292 g/mol. The minimum absolute atomic E-state index is 0.269. The number of hydrogen-bond acceptors (Lipinski definition) is 5. The number of amides is 1. The average molecular weight is 314 g/mol. The Labute approximate surface area is 136 Å². The van der Waals surface area contributed by atoms with E-state index in [0.717, 1.165) is 24.9 Å². The fraction of sp³-hybridized carbons (Fsp3) is 0.353. The van der Waals surface area contributed by atoms with Crippen LogP contribution in [0.4, 0.5) is 11.6 Å². The highest BCUT2D eigenvalue weighted by atomic mass is 16.5. The number of aromatic nitrogens is 2. The molecule has 2 N–H and O–H groups in total. The van der Waals surface area contributed by atoms with E-state index >= 15 is 0 Å². The molecule has 1 heterocycles. The molecule has 0 aliphatic rings. The quantitative estimate of drug-likeness (QED) is 0.767. The molecule has 0 spiro atoms. The van der Waals surface area contributed by atoms with E-state index in [1.54, 1.807) is 7.11 Å².